The molecule has 0 bridgehead atoms. The Morgan fingerprint density at radius 1 is 0.895 bits per heavy atom. The van der Waals surface area contributed by atoms with Gasteiger partial charge in [0.2, 0.25) is 0 Å². The maximum atomic E-state index is 12.5. The molecule has 0 aliphatic carbocycles. The number of pyridine rings is 1. The first-order valence-electron chi connectivity index (χ1n) is 5.91. The zero-order valence-electron chi connectivity index (χ0n) is 10.0. The standard InChI is InChI=1S/C16H10BrNO/c17-15-10-9-12-13(7-4-8-14(12)18-15)16(19)11-5-2-1-3-6-11/h1-10H. The Kier molecular flexibility index (Phi) is 3.13. The van der Waals surface area contributed by atoms with E-state index >= 15 is 0 Å². The van der Waals surface area contributed by atoms with Gasteiger partial charge >= 0.3 is 0 Å². The smallest absolute Gasteiger partial charge is 0.193 e. The van der Waals surface area contributed by atoms with Gasteiger partial charge in [-0.05, 0) is 34.1 Å². The minimum Gasteiger partial charge on any atom is -0.289 e. The Morgan fingerprint density at radius 2 is 1.68 bits per heavy atom. The molecule has 0 atom stereocenters. The molecule has 0 saturated carbocycles. The molecule has 3 rings (SSSR count). The van der Waals surface area contributed by atoms with Crippen LogP contribution in [0, 0.1) is 0 Å². The Morgan fingerprint density at radius 3 is 2.47 bits per heavy atom. The highest BCUT2D eigenvalue weighted by atomic mass is 79.9. The number of nitrogens with zero attached hydrogens (tertiary/aromatic N) is 1. The third-order valence-corrected chi connectivity index (χ3v) is 3.42. The zero-order chi connectivity index (χ0) is 13.2. The van der Waals surface area contributed by atoms with Crippen LogP contribution in [0.15, 0.2) is 65.3 Å². The maximum absolute atomic E-state index is 12.5. The second kappa shape index (κ2) is 4.94. The lowest BCUT2D eigenvalue weighted by atomic mass is 9.99. The van der Waals surface area contributed by atoms with E-state index < -0.39 is 0 Å². The molecular weight excluding hydrogens is 302 g/mol. The number of hydrogen-bond donors (Lipinski definition) is 0. The molecule has 0 fully saturated rings. The van der Waals surface area contributed by atoms with Crippen LogP contribution in [0.4, 0.5) is 0 Å². The highest BCUT2D eigenvalue weighted by Crippen LogP contribution is 2.22. The monoisotopic (exact) mass is 311 g/mol. The van der Waals surface area contributed by atoms with Gasteiger partial charge in [0, 0.05) is 16.5 Å². The van der Waals surface area contributed by atoms with Crippen molar-refractivity contribution in [2.45, 2.75) is 0 Å². The number of carbonyl (C=O) groups is 1. The second-order valence-corrected chi connectivity index (χ2v) is 5.01. The summed E-state index contributed by atoms with van der Waals surface area (Å²) >= 11 is 3.34. The zero-order valence-corrected chi connectivity index (χ0v) is 11.6. The number of rotatable bonds is 2. The molecule has 0 saturated heterocycles. The first kappa shape index (κ1) is 12.1. The van der Waals surface area contributed by atoms with Crippen molar-refractivity contribution in [2.24, 2.45) is 0 Å². The van der Waals surface area contributed by atoms with Crippen LogP contribution in [0.25, 0.3) is 10.9 Å². The van der Waals surface area contributed by atoms with E-state index in [0.717, 1.165) is 15.5 Å². The maximum Gasteiger partial charge on any atom is 0.193 e. The summed E-state index contributed by atoms with van der Waals surface area (Å²) in [4.78, 5) is 16.9. The number of hydrogen-bond acceptors (Lipinski definition) is 2. The Hall–Kier alpha value is -2.00. The van der Waals surface area contributed by atoms with E-state index in [-0.39, 0.29) is 5.78 Å². The summed E-state index contributed by atoms with van der Waals surface area (Å²) in [5.41, 5.74) is 2.19. The van der Waals surface area contributed by atoms with Crippen molar-refractivity contribution in [3.63, 3.8) is 0 Å². The fourth-order valence-electron chi connectivity index (χ4n) is 2.07. The molecule has 2 nitrogen and oxygen atoms in total. The summed E-state index contributed by atoms with van der Waals surface area (Å²) < 4.78 is 0.768. The SMILES string of the molecule is O=C(c1ccccc1)c1cccc2nc(Br)ccc12. The van der Waals surface area contributed by atoms with E-state index in [9.17, 15) is 4.79 Å². The van der Waals surface area contributed by atoms with Gasteiger partial charge in [0.15, 0.2) is 5.78 Å². The third kappa shape index (κ3) is 2.29. The predicted octanol–water partition coefficient (Wildman–Crippen LogP) is 4.23. The molecular formula is C16H10BrNO. The molecule has 0 unspecified atom stereocenters. The average molecular weight is 312 g/mol. The summed E-state index contributed by atoms with van der Waals surface area (Å²) in [6.07, 6.45) is 0. The highest BCUT2D eigenvalue weighted by Gasteiger charge is 2.12. The van der Waals surface area contributed by atoms with Gasteiger partial charge in [-0.3, -0.25) is 4.79 Å². The van der Waals surface area contributed by atoms with Crippen molar-refractivity contribution in [1.82, 2.24) is 4.98 Å². The molecule has 19 heavy (non-hydrogen) atoms. The predicted molar refractivity (Wildman–Crippen MR) is 79.3 cm³/mol. The molecule has 0 aliphatic heterocycles. The summed E-state index contributed by atoms with van der Waals surface area (Å²) in [6.45, 7) is 0. The highest BCUT2D eigenvalue weighted by molar-refractivity contribution is 9.10. The molecule has 3 aromatic rings. The van der Waals surface area contributed by atoms with Gasteiger partial charge in [0.05, 0.1) is 5.52 Å². The molecule has 0 N–H and O–H groups in total. The van der Waals surface area contributed by atoms with Gasteiger partial charge in [-0.15, -0.1) is 0 Å². The van der Waals surface area contributed by atoms with Gasteiger partial charge in [-0.1, -0.05) is 42.5 Å². The lowest BCUT2D eigenvalue weighted by Gasteiger charge is -2.05. The number of carbonyl (C=O) groups excluding carboxylic acids is 1. The molecule has 0 radical (unpaired) electrons. The molecule has 1 heterocycles. The van der Waals surface area contributed by atoms with E-state index in [1.54, 1.807) is 0 Å². The van der Waals surface area contributed by atoms with Gasteiger partial charge in [0.1, 0.15) is 4.60 Å². The average Bonchev–Trinajstić information content (AvgIpc) is 2.46. The van der Waals surface area contributed by atoms with Crippen molar-refractivity contribution < 1.29 is 4.79 Å². The minimum atomic E-state index is 0.0234. The largest absolute Gasteiger partial charge is 0.289 e. The van der Waals surface area contributed by atoms with Crippen molar-refractivity contribution in [3.05, 3.63) is 76.4 Å². The van der Waals surface area contributed by atoms with E-state index in [4.69, 9.17) is 0 Å². The molecule has 3 heteroatoms. The van der Waals surface area contributed by atoms with E-state index in [0.29, 0.717) is 11.1 Å². The quantitative estimate of drug-likeness (QED) is 0.523. The molecule has 0 spiro atoms. The fourth-order valence-corrected chi connectivity index (χ4v) is 2.40. The van der Waals surface area contributed by atoms with E-state index in [1.165, 1.54) is 0 Å². The van der Waals surface area contributed by atoms with Crippen LogP contribution >= 0.6 is 15.9 Å². The van der Waals surface area contributed by atoms with Crippen LogP contribution < -0.4 is 0 Å². The lowest BCUT2D eigenvalue weighted by molar-refractivity contribution is 0.104. The first-order chi connectivity index (χ1) is 9.25. The minimum absolute atomic E-state index is 0.0234. The van der Waals surface area contributed by atoms with Gasteiger partial charge in [0.25, 0.3) is 0 Å². The molecule has 0 amide bonds. The third-order valence-electron chi connectivity index (χ3n) is 2.98. The summed E-state index contributed by atoms with van der Waals surface area (Å²) in [6, 6.07) is 18.7. The van der Waals surface area contributed by atoms with Crippen molar-refractivity contribution in [3.8, 4) is 0 Å². The van der Waals surface area contributed by atoms with Crippen LogP contribution in [-0.2, 0) is 0 Å². The van der Waals surface area contributed by atoms with Gasteiger partial charge in [-0.2, -0.15) is 0 Å². The van der Waals surface area contributed by atoms with Crippen molar-refractivity contribution >= 4 is 32.6 Å². The van der Waals surface area contributed by atoms with Crippen LogP contribution in [0.2, 0.25) is 0 Å². The van der Waals surface area contributed by atoms with Crippen LogP contribution in [-0.4, -0.2) is 10.8 Å². The van der Waals surface area contributed by atoms with Gasteiger partial charge < -0.3 is 0 Å². The number of ketones is 1. The van der Waals surface area contributed by atoms with Gasteiger partial charge in [-0.25, -0.2) is 4.98 Å². The van der Waals surface area contributed by atoms with Crippen molar-refractivity contribution in [1.29, 1.82) is 0 Å². The Labute approximate surface area is 119 Å². The van der Waals surface area contributed by atoms with E-state index in [2.05, 4.69) is 20.9 Å². The topological polar surface area (TPSA) is 30.0 Å². The number of benzene rings is 2. The first-order valence-corrected chi connectivity index (χ1v) is 6.70. The van der Waals surface area contributed by atoms with Crippen LogP contribution in [0.1, 0.15) is 15.9 Å². The van der Waals surface area contributed by atoms with Crippen LogP contribution in [0.5, 0.6) is 0 Å². The van der Waals surface area contributed by atoms with E-state index in [1.807, 2.05) is 60.7 Å². The normalized spacial score (nSPS) is 10.6. The van der Waals surface area contributed by atoms with Crippen molar-refractivity contribution in [2.75, 3.05) is 0 Å². The second-order valence-electron chi connectivity index (χ2n) is 4.20. The Bertz CT molecular complexity index is 753. The Balaban J connectivity index is 2.18. The molecule has 1 aromatic heterocycles. The summed E-state index contributed by atoms with van der Waals surface area (Å²) in [7, 11) is 0. The molecule has 0 aliphatic rings. The lowest BCUT2D eigenvalue weighted by Crippen LogP contribution is -2.02. The molecule has 92 valence electrons. The fraction of sp³-hybridized carbons (Fsp3) is 0. The summed E-state index contributed by atoms with van der Waals surface area (Å²) in [5, 5.41) is 0.875. The molecule has 2 aromatic carbocycles. The van der Waals surface area contributed by atoms with Crippen LogP contribution in [0.3, 0.4) is 0 Å². The number of fused-ring (bicyclic) bond motifs is 1. The summed E-state index contributed by atoms with van der Waals surface area (Å²) in [5.74, 6) is 0.0234. The number of halogens is 1. The number of aromatic nitrogens is 1.